The van der Waals surface area contributed by atoms with Gasteiger partial charge in [-0.05, 0) is 25.7 Å². The maximum Gasteiger partial charge on any atom is 0.328 e. The molecule has 0 bridgehead atoms. The Kier molecular flexibility index (Phi) is 4.63. The molecule has 1 saturated carbocycles. The summed E-state index contributed by atoms with van der Waals surface area (Å²) in [6.45, 7) is 2.81. The molecular weight excluding hydrogens is 248 g/mol. The van der Waals surface area contributed by atoms with Gasteiger partial charge in [0.1, 0.15) is 0 Å². The predicted octanol–water partition coefficient (Wildman–Crippen LogP) is 1.06. The summed E-state index contributed by atoms with van der Waals surface area (Å²) in [5, 5.41) is 12.0. The topological polar surface area (TPSA) is 78.9 Å². The Bertz CT molecular complexity index is 342. The summed E-state index contributed by atoms with van der Waals surface area (Å²) in [7, 11) is 0. The zero-order valence-electron chi connectivity index (χ0n) is 11.3. The van der Waals surface area contributed by atoms with Crippen LogP contribution in [0.4, 0.5) is 4.79 Å². The Morgan fingerprint density at radius 3 is 2.68 bits per heavy atom. The zero-order valence-corrected chi connectivity index (χ0v) is 11.3. The number of urea groups is 1. The van der Waals surface area contributed by atoms with Crippen molar-refractivity contribution in [3.05, 3.63) is 0 Å². The molecule has 0 radical (unpaired) electrons. The molecule has 2 atom stereocenters. The van der Waals surface area contributed by atoms with Crippen LogP contribution in [-0.2, 0) is 9.53 Å². The molecule has 0 spiro atoms. The molecule has 0 aromatic carbocycles. The Hall–Kier alpha value is -1.30. The van der Waals surface area contributed by atoms with Crippen LogP contribution in [0.25, 0.3) is 0 Å². The van der Waals surface area contributed by atoms with Crippen molar-refractivity contribution in [1.82, 2.24) is 10.2 Å². The van der Waals surface area contributed by atoms with Crippen molar-refractivity contribution in [3.63, 3.8) is 0 Å². The molecule has 2 fully saturated rings. The summed E-state index contributed by atoms with van der Waals surface area (Å²) in [6, 6.07) is -1.05. The van der Waals surface area contributed by atoms with Gasteiger partial charge in [-0.25, -0.2) is 9.59 Å². The lowest BCUT2D eigenvalue weighted by Gasteiger charge is -2.34. The highest BCUT2D eigenvalue weighted by atomic mass is 16.5. The van der Waals surface area contributed by atoms with E-state index in [1.165, 1.54) is 17.7 Å². The van der Waals surface area contributed by atoms with Gasteiger partial charge >= 0.3 is 12.0 Å². The molecule has 1 aliphatic carbocycles. The number of amides is 2. The number of hydrogen-bond acceptors (Lipinski definition) is 3. The van der Waals surface area contributed by atoms with Gasteiger partial charge in [0.25, 0.3) is 0 Å². The van der Waals surface area contributed by atoms with Crippen LogP contribution in [0, 0.1) is 5.92 Å². The molecule has 1 heterocycles. The van der Waals surface area contributed by atoms with Crippen LogP contribution in [0.1, 0.15) is 32.6 Å². The summed E-state index contributed by atoms with van der Waals surface area (Å²) < 4.78 is 5.13. The molecule has 0 aromatic heterocycles. The first-order chi connectivity index (χ1) is 9.09. The third-order valence-electron chi connectivity index (χ3n) is 4.13. The van der Waals surface area contributed by atoms with Crippen molar-refractivity contribution >= 4 is 12.0 Å². The normalized spacial score (nSPS) is 26.2. The molecule has 108 valence electrons. The SMILES string of the molecule is CC(NC(=O)N1CCOCC1C(=O)O)C1CCCC1. The summed E-state index contributed by atoms with van der Waals surface area (Å²) in [6.07, 6.45) is 4.74. The molecular formula is C13H22N2O4. The zero-order chi connectivity index (χ0) is 13.8. The molecule has 2 unspecified atom stereocenters. The standard InChI is InChI=1S/C13H22N2O4/c1-9(10-4-2-3-5-10)14-13(18)15-6-7-19-8-11(15)12(16)17/h9-11H,2-8H2,1H3,(H,14,18)(H,16,17). The highest BCUT2D eigenvalue weighted by Gasteiger charge is 2.34. The van der Waals surface area contributed by atoms with Crippen molar-refractivity contribution in [1.29, 1.82) is 0 Å². The first-order valence-electron chi connectivity index (χ1n) is 6.97. The molecule has 1 aliphatic heterocycles. The van der Waals surface area contributed by atoms with Gasteiger partial charge < -0.3 is 20.1 Å². The number of carbonyl (C=O) groups is 2. The van der Waals surface area contributed by atoms with Crippen molar-refractivity contribution < 1.29 is 19.4 Å². The van der Waals surface area contributed by atoms with Crippen molar-refractivity contribution in [2.24, 2.45) is 5.92 Å². The number of carboxylic acids is 1. The third kappa shape index (κ3) is 3.37. The Balaban J connectivity index is 1.91. The van der Waals surface area contributed by atoms with E-state index in [1.807, 2.05) is 6.92 Å². The minimum absolute atomic E-state index is 0.0700. The highest BCUT2D eigenvalue weighted by molar-refractivity contribution is 5.83. The van der Waals surface area contributed by atoms with E-state index in [0.717, 1.165) is 12.8 Å². The maximum absolute atomic E-state index is 12.2. The highest BCUT2D eigenvalue weighted by Crippen LogP contribution is 2.27. The van der Waals surface area contributed by atoms with Crippen LogP contribution in [-0.4, -0.2) is 53.8 Å². The Labute approximate surface area is 113 Å². The molecule has 19 heavy (non-hydrogen) atoms. The number of hydrogen-bond donors (Lipinski definition) is 2. The van der Waals surface area contributed by atoms with Gasteiger partial charge in [0.05, 0.1) is 13.2 Å². The lowest BCUT2D eigenvalue weighted by atomic mass is 10.00. The number of nitrogens with one attached hydrogen (secondary N) is 1. The number of morpholine rings is 1. The fourth-order valence-electron chi connectivity index (χ4n) is 2.90. The van der Waals surface area contributed by atoms with Crippen LogP contribution in [0.5, 0.6) is 0 Å². The largest absolute Gasteiger partial charge is 0.480 e. The molecule has 2 N–H and O–H groups in total. The average molecular weight is 270 g/mol. The summed E-state index contributed by atoms with van der Waals surface area (Å²) in [5.74, 6) is -0.489. The van der Waals surface area contributed by atoms with Crippen LogP contribution < -0.4 is 5.32 Å². The molecule has 1 saturated heterocycles. The predicted molar refractivity (Wildman–Crippen MR) is 68.9 cm³/mol. The second-order valence-electron chi connectivity index (χ2n) is 5.41. The van der Waals surface area contributed by atoms with Gasteiger partial charge in [-0.3, -0.25) is 0 Å². The van der Waals surface area contributed by atoms with E-state index in [4.69, 9.17) is 9.84 Å². The smallest absolute Gasteiger partial charge is 0.328 e. The average Bonchev–Trinajstić information content (AvgIpc) is 2.92. The number of carboxylic acid groups (broad SMARTS) is 1. The first kappa shape index (κ1) is 14.1. The van der Waals surface area contributed by atoms with Crippen molar-refractivity contribution in [2.45, 2.75) is 44.7 Å². The van der Waals surface area contributed by atoms with E-state index < -0.39 is 12.0 Å². The Morgan fingerprint density at radius 2 is 2.05 bits per heavy atom. The lowest BCUT2D eigenvalue weighted by Crippen LogP contribution is -2.57. The molecule has 6 nitrogen and oxygen atoms in total. The van der Waals surface area contributed by atoms with Gasteiger partial charge in [-0.1, -0.05) is 12.8 Å². The lowest BCUT2D eigenvalue weighted by molar-refractivity contribution is -0.147. The summed E-state index contributed by atoms with van der Waals surface area (Å²) in [4.78, 5) is 24.7. The fraction of sp³-hybridized carbons (Fsp3) is 0.846. The number of carbonyl (C=O) groups excluding carboxylic acids is 1. The van der Waals surface area contributed by atoms with E-state index in [-0.39, 0.29) is 18.7 Å². The summed E-state index contributed by atoms with van der Waals surface area (Å²) >= 11 is 0. The second-order valence-corrected chi connectivity index (χ2v) is 5.41. The summed E-state index contributed by atoms with van der Waals surface area (Å²) in [5.41, 5.74) is 0. The van der Waals surface area contributed by atoms with Crippen LogP contribution in [0.3, 0.4) is 0 Å². The van der Waals surface area contributed by atoms with Crippen molar-refractivity contribution in [2.75, 3.05) is 19.8 Å². The number of nitrogens with zero attached hydrogens (tertiary/aromatic N) is 1. The van der Waals surface area contributed by atoms with Gasteiger partial charge in [-0.15, -0.1) is 0 Å². The monoisotopic (exact) mass is 270 g/mol. The number of rotatable bonds is 3. The number of ether oxygens (including phenoxy) is 1. The second kappa shape index (κ2) is 6.23. The molecule has 6 heteroatoms. The quantitative estimate of drug-likeness (QED) is 0.803. The minimum atomic E-state index is -1.01. The van der Waals surface area contributed by atoms with E-state index in [1.54, 1.807) is 0 Å². The van der Waals surface area contributed by atoms with Gasteiger partial charge in [-0.2, -0.15) is 0 Å². The molecule has 2 aliphatic rings. The molecule has 0 aromatic rings. The van der Waals surface area contributed by atoms with Gasteiger partial charge in [0, 0.05) is 12.6 Å². The van der Waals surface area contributed by atoms with E-state index >= 15 is 0 Å². The van der Waals surface area contributed by atoms with E-state index in [0.29, 0.717) is 19.1 Å². The van der Waals surface area contributed by atoms with E-state index in [9.17, 15) is 9.59 Å². The molecule has 2 rings (SSSR count). The van der Waals surface area contributed by atoms with Crippen LogP contribution >= 0.6 is 0 Å². The van der Waals surface area contributed by atoms with Crippen LogP contribution in [0.2, 0.25) is 0 Å². The van der Waals surface area contributed by atoms with Crippen molar-refractivity contribution in [3.8, 4) is 0 Å². The van der Waals surface area contributed by atoms with Gasteiger partial charge in [0.2, 0.25) is 0 Å². The maximum atomic E-state index is 12.2. The van der Waals surface area contributed by atoms with E-state index in [2.05, 4.69) is 5.32 Å². The minimum Gasteiger partial charge on any atom is -0.480 e. The Morgan fingerprint density at radius 1 is 1.37 bits per heavy atom. The first-order valence-corrected chi connectivity index (χ1v) is 6.97. The fourth-order valence-corrected chi connectivity index (χ4v) is 2.90. The van der Waals surface area contributed by atoms with Crippen LogP contribution in [0.15, 0.2) is 0 Å². The number of aliphatic carboxylic acids is 1. The molecule has 2 amide bonds. The third-order valence-corrected chi connectivity index (χ3v) is 4.13. The van der Waals surface area contributed by atoms with Gasteiger partial charge in [0.15, 0.2) is 6.04 Å².